The van der Waals surface area contributed by atoms with E-state index in [1.54, 1.807) is 14.1 Å². The van der Waals surface area contributed by atoms with E-state index >= 15 is 0 Å². The first-order valence-corrected chi connectivity index (χ1v) is 4.89. The molecular weight excluding hydrogens is 216 g/mol. The van der Waals surface area contributed by atoms with Gasteiger partial charge in [0.2, 0.25) is 6.04 Å². The SMILES string of the molecule is CC(OC(=O)C1CC1[N+](=O)[O-])C(=O)N(C)C. The summed E-state index contributed by atoms with van der Waals surface area (Å²) in [7, 11) is 3.09. The molecule has 0 aliphatic heterocycles. The molecule has 1 saturated carbocycles. The van der Waals surface area contributed by atoms with Gasteiger partial charge < -0.3 is 9.64 Å². The summed E-state index contributed by atoms with van der Waals surface area (Å²) in [4.78, 5) is 33.8. The van der Waals surface area contributed by atoms with Gasteiger partial charge in [0.25, 0.3) is 5.91 Å². The van der Waals surface area contributed by atoms with E-state index in [4.69, 9.17) is 4.74 Å². The molecule has 0 spiro atoms. The van der Waals surface area contributed by atoms with Crippen molar-refractivity contribution in [2.45, 2.75) is 25.5 Å². The number of rotatable bonds is 4. The van der Waals surface area contributed by atoms with Crippen molar-refractivity contribution < 1.29 is 19.2 Å². The molecule has 1 fully saturated rings. The van der Waals surface area contributed by atoms with E-state index in [1.807, 2.05) is 0 Å². The summed E-state index contributed by atoms with van der Waals surface area (Å²) < 4.78 is 4.84. The van der Waals surface area contributed by atoms with Gasteiger partial charge in [-0.3, -0.25) is 19.7 Å². The van der Waals surface area contributed by atoms with Gasteiger partial charge in [-0.2, -0.15) is 0 Å². The monoisotopic (exact) mass is 230 g/mol. The molecule has 0 aromatic heterocycles. The average Bonchev–Trinajstić information content (AvgIpc) is 2.95. The number of esters is 1. The first-order valence-electron chi connectivity index (χ1n) is 4.89. The predicted molar refractivity (Wildman–Crippen MR) is 53.1 cm³/mol. The van der Waals surface area contributed by atoms with Gasteiger partial charge in [0.05, 0.1) is 0 Å². The highest BCUT2D eigenvalue weighted by Gasteiger charge is 2.55. The number of nitrogens with zero attached hydrogens (tertiary/aromatic N) is 2. The summed E-state index contributed by atoms with van der Waals surface area (Å²) in [6.07, 6.45) is -0.690. The zero-order chi connectivity index (χ0) is 12.5. The maximum atomic E-state index is 11.4. The smallest absolute Gasteiger partial charge is 0.316 e. The Bertz CT molecular complexity index is 328. The van der Waals surface area contributed by atoms with Gasteiger partial charge in [-0.15, -0.1) is 0 Å². The second-order valence-corrected chi connectivity index (χ2v) is 4.01. The normalized spacial score (nSPS) is 24.4. The lowest BCUT2D eigenvalue weighted by Crippen LogP contribution is -2.35. The summed E-state index contributed by atoms with van der Waals surface area (Å²) in [5.74, 6) is -1.69. The molecule has 0 aromatic rings. The number of ether oxygens (including phenoxy) is 1. The van der Waals surface area contributed by atoms with E-state index in [2.05, 4.69) is 0 Å². The fourth-order valence-electron chi connectivity index (χ4n) is 1.34. The van der Waals surface area contributed by atoms with Crippen LogP contribution >= 0.6 is 0 Å². The fourth-order valence-corrected chi connectivity index (χ4v) is 1.34. The average molecular weight is 230 g/mol. The minimum atomic E-state index is -0.893. The van der Waals surface area contributed by atoms with E-state index < -0.39 is 29.0 Å². The molecule has 0 radical (unpaired) electrons. The van der Waals surface area contributed by atoms with Crippen LogP contribution in [-0.2, 0) is 14.3 Å². The third kappa shape index (κ3) is 2.68. The largest absolute Gasteiger partial charge is 0.452 e. The zero-order valence-corrected chi connectivity index (χ0v) is 9.37. The highest BCUT2D eigenvalue weighted by molar-refractivity contribution is 5.84. The van der Waals surface area contributed by atoms with Gasteiger partial charge in [0.1, 0.15) is 5.92 Å². The van der Waals surface area contributed by atoms with Crippen LogP contribution in [0.4, 0.5) is 0 Å². The van der Waals surface area contributed by atoms with Crippen molar-refractivity contribution in [3.63, 3.8) is 0 Å². The molecule has 0 N–H and O–H groups in total. The van der Waals surface area contributed by atoms with Crippen molar-refractivity contribution in [3.05, 3.63) is 10.1 Å². The maximum absolute atomic E-state index is 11.4. The number of hydrogen-bond donors (Lipinski definition) is 0. The molecule has 0 bridgehead atoms. The molecule has 0 aromatic carbocycles. The van der Waals surface area contributed by atoms with Crippen LogP contribution in [-0.4, -0.2) is 47.9 Å². The first-order chi connectivity index (χ1) is 7.34. The molecule has 3 atom stereocenters. The number of likely N-dealkylation sites (N-methyl/N-ethyl adjacent to an activating group) is 1. The Kier molecular flexibility index (Phi) is 3.46. The molecule has 90 valence electrons. The lowest BCUT2D eigenvalue weighted by Gasteiger charge is -2.16. The van der Waals surface area contributed by atoms with Crippen LogP contribution in [0.25, 0.3) is 0 Å². The third-order valence-corrected chi connectivity index (χ3v) is 2.41. The summed E-state index contributed by atoms with van der Waals surface area (Å²) in [5.41, 5.74) is 0. The van der Waals surface area contributed by atoms with Crippen molar-refractivity contribution >= 4 is 11.9 Å². The molecular formula is C9H14N2O5. The van der Waals surface area contributed by atoms with Gasteiger partial charge in [-0.25, -0.2) is 0 Å². The zero-order valence-electron chi connectivity index (χ0n) is 9.37. The summed E-state index contributed by atoms with van der Waals surface area (Å²) in [6, 6.07) is -0.839. The molecule has 1 amide bonds. The lowest BCUT2D eigenvalue weighted by atomic mass is 10.3. The number of carbonyl (C=O) groups is 2. The van der Waals surface area contributed by atoms with Gasteiger partial charge in [0, 0.05) is 25.4 Å². The van der Waals surface area contributed by atoms with Crippen molar-refractivity contribution in [1.29, 1.82) is 0 Å². The molecule has 0 heterocycles. The van der Waals surface area contributed by atoms with Crippen molar-refractivity contribution in [1.82, 2.24) is 4.90 Å². The Morgan fingerprint density at radius 2 is 2.06 bits per heavy atom. The Morgan fingerprint density at radius 3 is 2.44 bits per heavy atom. The third-order valence-electron chi connectivity index (χ3n) is 2.41. The van der Waals surface area contributed by atoms with E-state index in [0.717, 1.165) is 0 Å². The molecule has 1 aliphatic carbocycles. The lowest BCUT2D eigenvalue weighted by molar-refractivity contribution is -0.497. The van der Waals surface area contributed by atoms with Crippen LogP contribution in [0.15, 0.2) is 0 Å². The molecule has 7 nitrogen and oxygen atoms in total. The second kappa shape index (κ2) is 4.46. The number of carbonyl (C=O) groups excluding carboxylic acids is 2. The molecule has 1 aliphatic rings. The van der Waals surface area contributed by atoms with Crippen molar-refractivity contribution in [2.24, 2.45) is 5.92 Å². The van der Waals surface area contributed by atoms with Gasteiger partial charge in [0.15, 0.2) is 6.10 Å². The minimum Gasteiger partial charge on any atom is -0.452 e. The Hall–Kier alpha value is -1.66. The number of amides is 1. The van der Waals surface area contributed by atoms with Crippen molar-refractivity contribution in [3.8, 4) is 0 Å². The predicted octanol–water partition coefficient (Wildman–Crippen LogP) is -0.329. The summed E-state index contributed by atoms with van der Waals surface area (Å²) >= 11 is 0. The van der Waals surface area contributed by atoms with Crippen LogP contribution in [0.5, 0.6) is 0 Å². The quantitative estimate of drug-likeness (QED) is 0.375. The van der Waals surface area contributed by atoms with E-state index in [9.17, 15) is 19.7 Å². The standard InChI is InChI=1S/C9H14N2O5/c1-5(8(12)10(2)3)16-9(13)6-4-7(6)11(14)15/h5-7H,4H2,1-3H3. The molecule has 3 unspecified atom stereocenters. The first kappa shape index (κ1) is 12.4. The van der Waals surface area contributed by atoms with Crippen LogP contribution in [0.1, 0.15) is 13.3 Å². The van der Waals surface area contributed by atoms with Crippen LogP contribution < -0.4 is 0 Å². The Balaban J connectivity index is 2.42. The van der Waals surface area contributed by atoms with E-state index in [0.29, 0.717) is 0 Å². The Labute approximate surface area is 92.5 Å². The van der Waals surface area contributed by atoms with Crippen LogP contribution in [0.3, 0.4) is 0 Å². The Morgan fingerprint density at radius 1 is 1.50 bits per heavy atom. The van der Waals surface area contributed by atoms with Crippen LogP contribution in [0, 0.1) is 16.0 Å². The van der Waals surface area contributed by atoms with Gasteiger partial charge >= 0.3 is 5.97 Å². The highest BCUT2D eigenvalue weighted by Crippen LogP contribution is 2.34. The molecule has 7 heteroatoms. The van der Waals surface area contributed by atoms with Gasteiger partial charge in [-0.05, 0) is 6.92 Å². The topological polar surface area (TPSA) is 89.7 Å². The molecule has 0 saturated heterocycles. The molecule has 16 heavy (non-hydrogen) atoms. The van der Waals surface area contributed by atoms with Crippen LogP contribution in [0.2, 0.25) is 0 Å². The number of hydrogen-bond acceptors (Lipinski definition) is 5. The highest BCUT2D eigenvalue weighted by atomic mass is 16.6. The maximum Gasteiger partial charge on any atom is 0.316 e. The number of nitro groups is 1. The van der Waals surface area contributed by atoms with E-state index in [1.165, 1.54) is 11.8 Å². The summed E-state index contributed by atoms with van der Waals surface area (Å²) in [5, 5.41) is 10.3. The summed E-state index contributed by atoms with van der Waals surface area (Å²) in [6.45, 7) is 1.45. The fraction of sp³-hybridized carbons (Fsp3) is 0.778. The van der Waals surface area contributed by atoms with Crippen molar-refractivity contribution in [2.75, 3.05) is 14.1 Å². The van der Waals surface area contributed by atoms with Gasteiger partial charge in [-0.1, -0.05) is 0 Å². The van der Waals surface area contributed by atoms with E-state index in [-0.39, 0.29) is 12.3 Å². The molecule has 1 rings (SSSR count). The minimum absolute atomic E-state index is 0.203. The second-order valence-electron chi connectivity index (χ2n) is 4.01.